The van der Waals surface area contributed by atoms with Crippen LogP contribution < -0.4 is 10.1 Å². The summed E-state index contributed by atoms with van der Waals surface area (Å²) in [6, 6.07) is 14.0. The van der Waals surface area contributed by atoms with Crippen LogP contribution in [0.5, 0.6) is 10.9 Å². The second kappa shape index (κ2) is 8.55. The van der Waals surface area contributed by atoms with Crippen molar-refractivity contribution in [3.05, 3.63) is 53.8 Å². The number of hydrogen-bond acceptors (Lipinski definition) is 5. The molecule has 0 spiro atoms. The van der Waals surface area contributed by atoms with E-state index in [9.17, 15) is 9.18 Å². The Bertz CT molecular complexity index is 1070. The number of fused-ring (bicyclic) bond motifs is 3. The van der Waals surface area contributed by atoms with Crippen LogP contribution in [0.1, 0.15) is 38.2 Å². The second-order valence-electron chi connectivity index (χ2n) is 8.52. The maximum absolute atomic E-state index is 13.3. The number of hydrogen-bond donors (Lipinski definition) is 1. The first kappa shape index (κ1) is 20.4. The normalized spacial score (nSPS) is 22.8. The first-order chi connectivity index (χ1) is 15.0. The molecule has 1 amide bonds. The number of carbonyl (C=O) groups is 1. The fourth-order valence-corrected chi connectivity index (χ4v) is 5.84. The second-order valence-corrected chi connectivity index (χ2v) is 9.51. The van der Waals surface area contributed by atoms with E-state index in [0.717, 1.165) is 49.1 Å². The van der Waals surface area contributed by atoms with E-state index in [4.69, 9.17) is 4.74 Å². The molecule has 3 aromatic rings. The maximum atomic E-state index is 13.3. The Labute approximate surface area is 185 Å². The zero-order chi connectivity index (χ0) is 21.4. The van der Waals surface area contributed by atoms with Crippen LogP contribution in [0, 0.1) is 5.82 Å². The molecule has 0 saturated carbocycles. The summed E-state index contributed by atoms with van der Waals surface area (Å²) in [6.07, 6.45) is 5.37. The summed E-state index contributed by atoms with van der Waals surface area (Å²) in [7, 11) is 0. The first-order valence-corrected chi connectivity index (χ1v) is 11.7. The van der Waals surface area contributed by atoms with Crippen LogP contribution in [0.25, 0.3) is 10.2 Å². The summed E-state index contributed by atoms with van der Waals surface area (Å²) in [4.78, 5) is 18.3. The fourth-order valence-electron chi connectivity index (χ4n) is 5.03. The van der Waals surface area contributed by atoms with Gasteiger partial charge in [0.2, 0.25) is 5.91 Å². The smallest absolute Gasteiger partial charge is 0.279 e. The predicted octanol–water partition coefficient (Wildman–Crippen LogP) is 4.90. The quantitative estimate of drug-likeness (QED) is 0.593. The molecule has 5 rings (SSSR count). The van der Waals surface area contributed by atoms with Crippen LogP contribution in [-0.2, 0) is 11.2 Å². The van der Waals surface area contributed by atoms with Gasteiger partial charge in [0.15, 0.2) is 0 Å². The average molecular weight is 440 g/mol. The van der Waals surface area contributed by atoms with E-state index in [-0.39, 0.29) is 11.7 Å². The first-order valence-electron chi connectivity index (χ1n) is 10.9. The van der Waals surface area contributed by atoms with Crippen molar-refractivity contribution >= 4 is 27.5 Å². The van der Waals surface area contributed by atoms with E-state index in [1.165, 1.54) is 29.0 Å². The molecule has 162 valence electrons. The molecule has 2 aliphatic heterocycles. The highest BCUT2D eigenvalue weighted by atomic mass is 32.1. The minimum atomic E-state index is -0.292. The topological polar surface area (TPSA) is 54.5 Å². The lowest BCUT2D eigenvalue weighted by atomic mass is 9.97. The molecule has 31 heavy (non-hydrogen) atoms. The highest BCUT2D eigenvalue weighted by molar-refractivity contribution is 7.20. The van der Waals surface area contributed by atoms with Gasteiger partial charge in [0, 0.05) is 31.1 Å². The van der Waals surface area contributed by atoms with E-state index in [1.807, 2.05) is 12.1 Å². The zero-order valence-corrected chi connectivity index (χ0v) is 18.3. The standard InChI is InChI=1S/C24H26FN3O2S/c1-15(29)28-19-5-6-20(28)14-18(13-19)26-11-10-16-2-7-21(8-3-16)30-24-27-22-12-17(25)4-9-23(22)31-24/h2-4,7-9,12,18-20,26H,5-6,10-11,13-14H2,1H3/t18?,19-,20+. The number of carbonyl (C=O) groups excluding carboxylic acids is 1. The van der Waals surface area contributed by atoms with Crippen molar-refractivity contribution in [1.29, 1.82) is 0 Å². The van der Waals surface area contributed by atoms with E-state index in [2.05, 4.69) is 27.3 Å². The van der Waals surface area contributed by atoms with Gasteiger partial charge in [-0.3, -0.25) is 4.79 Å². The number of nitrogens with zero attached hydrogens (tertiary/aromatic N) is 2. The summed E-state index contributed by atoms with van der Waals surface area (Å²) in [5.74, 6) is 0.662. The Hall–Kier alpha value is -2.51. The molecule has 0 aliphatic carbocycles. The number of piperidine rings is 1. The Morgan fingerprint density at radius 1 is 1.19 bits per heavy atom. The van der Waals surface area contributed by atoms with Gasteiger partial charge in [-0.15, -0.1) is 0 Å². The average Bonchev–Trinajstić information content (AvgIpc) is 3.26. The predicted molar refractivity (Wildman–Crippen MR) is 120 cm³/mol. The highest BCUT2D eigenvalue weighted by Gasteiger charge is 2.41. The Morgan fingerprint density at radius 3 is 2.65 bits per heavy atom. The van der Waals surface area contributed by atoms with Gasteiger partial charge in [0.25, 0.3) is 5.19 Å². The molecule has 2 saturated heterocycles. The minimum Gasteiger partial charge on any atom is -0.431 e. The van der Waals surface area contributed by atoms with Gasteiger partial charge in [-0.25, -0.2) is 9.37 Å². The van der Waals surface area contributed by atoms with Crippen LogP contribution in [-0.4, -0.2) is 40.5 Å². The van der Waals surface area contributed by atoms with Crippen molar-refractivity contribution in [2.75, 3.05) is 6.54 Å². The molecule has 3 heterocycles. The van der Waals surface area contributed by atoms with Gasteiger partial charge in [-0.1, -0.05) is 23.5 Å². The number of nitrogens with one attached hydrogen (secondary N) is 1. The number of halogens is 1. The summed E-state index contributed by atoms with van der Waals surface area (Å²) < 4.78 is 20.1. The van der Waals surface area contributed by atoms with Crippen LogP contribution >= 0.6 is 11.3 Å². The molecular weight excluding hydrogens is 413 g/mol. The van der Waals surface area contributed by atoms with E-state index < -0.39 is 0 Å². The zero-order valence-electron chi connectivity index (χ0n) is 17.5. The molecule has 3 atom stereocenters. The lowest BCUT2D eigenvalue weighted by Crippen LogP contribution is -2.51. The molecule has 5 nitrogen and oxygen atoms in total. The fraction of sp³-hybridized carbons (Fsp3) is 0.417. The lowest BCUT2D eigenvalue weighted by Gasteiger charge is -2.38. The van der Waals surface area contributed by atoms with Crippen LogP contribution in [0.15, 0.2) is 42.5 Å². The highest BCUT2D eigenvalue weighted by Crippen LogP contribution is 2.36. The largest absolute Gasteiger partial charge is 0.431 e. The molecule has 1 N–H and O–H groups in total. The third kappa shape index (κ3) is 4.43. The number of rotatable bonds is 6. The van der Waals surface area contributed by atoms with Crippen LogP contribution in [0.2, 0.25) is 0 Å². The van der Waals surface area contributed by atoms with Gasteiger partial charge in [0.1, 0.15) is 11.6 Å². The molecule has 2 aromatic carbocycles. The van der Waals surface area contributed by atoms with Crippen molar-refractivity contribution in [1.82, 2.24) is 15.2 Å². The Balaban J connectivity index is 1.12. The van der Waals surface area contributed by atoms with Crippen molar-refractivity contribution in [3.63, 3.8) is 0 Å². The molecule has 1 unspecified atom stereocenters. The summed E-state index contributed by atoms with van der Waals surface area (Å²) in [6.45, 7) is 2.62. The minimum absolute atomic E-state index is 0.228. The monoisotopic (exact) mass is 439 g/mol. The molecule has 7 heteroatoms. The van der Waals surface area contributed by atoms with E-state index in [0.29, 0.717) is 28.8 Å². The van der Waals surface area contributed by atoms with Crippen LogP contribution in [0.4, 0.5) is 4.39 Å². The number of benzene rings is 2. The van der Waals surface area contributed by atoms with Gasteiger partial charge in [-0.05, 0) is 68.5 Å². The molecule has 1 aromatic heterocycles. The molecule has 2 bridgehead atoms. The van der Waals surface area contributed by atoms with E-state index >= 15 is 0 Å². The lowest BCUT2D eigenvalue weighted by molar-refractivity contribution is -0.133. The molecule has 0 radical (unpaired) electrons. The van der Waals surface area contributed by atoms with E-state index in [1.54, 1.807) is 13.0 Å². The summed E-state index contributed by atoms with van der Waals surface area (Å²) in [5, 5.41) is 4.21. The maximum Gasteiger partial charge on any atom is 0.279 e. The number of amides is 1. The van der Waals surface area contributed by atoms with Gasteiger partial charge >= 0.3 is 0 Å². The van der Waals surface area contributed by atoms with Gasteiger partial charge in [-0.2, -0.15) is 0 Å². The molecular formula is C24H26FN3O2S. The van der Waals surface area contributed by atoms with Crippen molar-refractivity contribution in [2.24, 2.45) is 0 Å². The van der Waals surface area contributed by atoms with Gasteiger partial charge < -0.3 is 15.0 Å². The Kier molecular flexibility index (Phi) is 5.63. The Morgan fingerprint density at radius 2 is 1.94 bits per heavy atom. The molecule has 2 fully saturated rings. The summed E-state index contributed by atoms with van der Waals surface area (Å²) in [5.41, 5.74) is 1.86. The number of aromatic nitrogens is 1. The third-order valence-electron chi connectivity index (χ3n) is 6.40. The SMILES string of the molecule is CC(=O)N1[C@@H]2CC[C@H]1CC(NCCc1ccc(Oc3nc4cc(F)ccc4s3)cc1)C2. The van der Waals surface area contributed by atoms with Crippen molar-refractivity contribution in [2.45, 2.75) is 57.2 Å². The van der Waals surface area contributed by atoms with Crippen molar-refractivity contribution < 1.29 is 13.9 Å². The third-order valence-corrected chi connectivity index (χ3v) is 7.32. The van der Waals surface area contributed by atoms with Gasteiger partial charge in [0.05, 0.1) is 10.2 Å². The van der Waals surface area contributed by atoms with Crippen LogP contribution in [0.3, 0.4) is 0 Å². The summed E-state index contributed by atoms with van der Waals surface area (Å²) >= 11 is 1.41. The number of thiazole rings is 1. The number of ether oxygens (including phenoxy) is 1. The molecule has 2 aliphatic rings. The van der Waals surface area contributed by atoms with Crippen molar-refractivity contribution in [3.8, 4) is 10.9 Å².